The molecule has 0 aliphatic carbocycles. The Balaban J connectivity index is 2.91. The Morgan fingerprint density at radius 2 is 2.23 bits per heavy atom. The molecular weight excluding hydrogens is 284 g/mol. The molecule has 0 saturated carbocycles. The number of hydrogen-bond donors (Lipinski definition) is 2. The van der Waals surface area contributed by atoms with E-state index in [2.05, 4.69) is 22.6 Å². The summed E-state index contributed by atoms with van der Waals surface area (Å²) in [4.78, 5) is 0. The fourth-order valence-corrected chi connectivity index (χ4v) is 1.61. The highest BCUT2D eigenvalue weighted by atomic mass is 127. The van der Waals surface area contributed by atoms with Crippen LogP contribution in [0.4, 0.5) is 4.39 Å². The maximum atomic E-state index is 13.2. The Morgan fingerprint density at radius 1 is 1.54 bits per heavy atom. The number of aliphatic hydroxyl groups is 1. The van der Waals surface area contributed by atoms with Crippen molar-refractivity contribution in [3.63, 3.8) is 0 Å². The third-order valence-corrected chi connectivity index (χ3v) is 2.47. The molecule has 1 rings (SSSR count). The lowest BCUT2D eigenvalue weighted by atomic mass is 10.0. The smallest absolute Gasteiger partial charge is 0.128 e. The first-order chi connectivity index (χ1) is 6.15. The maximum absolute atomic E-state index is 13.2. The summed E-state index contributed by atoms with van der Waals surface area (Å²) in [5.41, 5.74) is 6.14. The van der Waals surface area contributed by atoms with Crippen molar-refractivity contribution in [2.75, 3.05) is 6.61 Å². The maximum Gasteiger partial charge on any atom is 0.128 e. The second kappa shape index (κ2) is 4.88. The Bertz CT molecular complexity index is 293. The lowest BCUT2D eigenvalue weighted by Gasteiger charge is -2.11. The quantitative estimate of drug-likeness (QED) is 0.836. The first-order valence-electron chi connectivity index (χ1n) is 3.96. The average molecular weight is 295 g/mol. The van der Waals surface area contributed by atoms with Crippen LogP contribution in [0.15, 0.2) is 18.2 Å². The SMILES string of the molecule is N[C@H](CCO)c1cc(I)ccc1F. The van der Waals surface area contributed by atoms with Crippen LogP contribution in [0.3, 0.4) is 0 Å². The molecule has 0 aliphatic rings. The number of nitrogens with two attached hydrogens (primary N) is 1. The third kappa shape index (κ3) is 2.89. The van der Waals surface area contributed by atoms with Gasteiger partial charge in [-0.2, -0.15) is 0 Å². The summed E-state index contributed by atoms with van der Waals surface area (Å²) in [6.45, 7) is -0.0217. The van der Waals surface area contributed by atoms with Crippen molar-refractivity contribution in [2.45, 2.75) is 12.5 Å². The van der Waals surface area contributed by atoms with Gasteiger partial charge in [0.15, 0.2) is 0 Å². The van der Waals surface area contributed by atoms with Crippen molar-refractivity contribution in [3.8, 4) is 0 Å². The molecule has 1 aromatic rings. The minimum absolute atomic E-state index is 0.0217. The van der Waals surface area contributed by atoms with Crippen LogP contribution in [0.1, 0.15) is 18.0 Å². The first kappa shape index (κ1) is 10.9. The zero-order valence-electron chi connectivity index (χ0n) is 7.00. The number of aliphatic hydroxyl groups excluding tert-OH is 1. The number of benzene rings is 1. The summed E-state index contributed by atoms with van der Waals surface area (Å²) in [6, 6.07) is 4.37. The lowest BCUT2D eigenvalue weighted by Crippen LogP contribution is -2.13. The largest absolute Gasteiger partial charge is 0.396 e. The molecule has 13 heavy (non-hydrogen) atoms. The van der Waals surface area contributed by atoms with Crippen LogP contribution in [0.2, 0.25) is 0 Å². The number of rotatable bonds is 3. The molecule has 1 atom stereocenters. The summed E-state index contributed by atoms with van der Waals surface area (Å²) in [5.74, 6) is -0.304. The van der Waals surface area contributed by atoms with Crippen LogP contribution in [-0.4, -0.2) is 11.7 Å². The zero-order chi connectivity index (χ0) is 9.84. The van der Waals surface area contributed by atoms with Gasteiger partial charge >= 0.3 is 0 Å². The molecule has 2 nitrogen and oxygen atoms in total. The van der Waals surface area contributed by atoms with Crippen LogP contribution in [0.25, 0.3) is 0 Å². The third-order valence-electron chi connectivity index (χ3n) is 1.80. The standard InChI is InChI=1S/C9H11FINO/c10-8-2-1-6(11)5-7(8)9(12)3-4-13/h1-2,5,9,13H,3-4,12H2/t9-/m1/s1. The van der Waals surface area contributed by atoms with Crippen molar-refractivity contribution in [3.05, 3.63) is 33.1 Å². The summed E-state index contributed by atoms with van der Waals surface area (Å²) in [7, 11) is 0. The molecule has 0 radical (unpaired) electrons. The summed E-state index contributed by atoms with van der Waals surface area (Å²) >= 11 is 2.10. The van der Waals surface area contributed by atoms with Crippen LogP contribution in [-0.2, 0) is 0 Å². The van der Waals surface area contributed by atoms with Crippen molar-refractivity contribution in [1.82, 2.24) is 0 Å². The van der Waals surface area contributed by atoms with E-state index in [0.29, 0.717) is 12.0 Å². The second-order valence-corrected chi connectivity index (χ2v) is 4.03. The van der Waals surface area contributed by atoms with Crippen LogP contribution < -0.4 is 5.73 Å². The van der Waals surface area contributed by atoms with Gasteiger partial charge in [0.1, 0.15) is 5.82 Å². The fraction of sp³-hybridized carbons (Fsp3) is 0.333. The van der Waals surface area contributed by atoms with E-state index in [1.165, 1.54) is 6.07 Å². The highest BCUT2D eigenvalue weighted by Crippen LogP contribution is 2.19. The van der Waals surface area contributed by atoms with Gasteiger partial charge in [0, 0.05) is 21.8 Å². The minimum atomic E-state index is -0.417. The molecule has 0 saturated heterocycles. The minimum Gasteiger partial charge on any atom is -0.396 e. The highest BCUT2D eigenvalue weighted by molar-refractivity contribution is 14.1. The topological polar surface area (TPSA) is 46.2 Å². The van der Waals surface area contributed by atoms with E-state index in [1.54, 1.807) is 12.1 Å². The first-order valence-corrected chi connectivity index (χ1v) is 5.04. The monoisotopic (exact) mass is 295 g/mol. The summed E-state index contributed by atoms with van der Waals surface area (Å²) in [6.07, 6.45) is 0.386. The molecule has 0 amide bonds. The van der Waals surface area contributed by atoms with Crippen LogP contribution >= 0.6 is 22.6 Å². The molecule has 0 spiro atoms. The average Bonchev–Trinajstić information content (AvgIpc) is 2.09. The zero-order valence-corrected chi connectivity index (χ0v) is 9.16. The molecule has 0 aromatic heterocycles. The molecule has 0 bridgehead atoms. The molecular formula is C9H11FINO. The Morgan fingerprint density at radius 3 is 2.85 bits per heavy atom. The predicted octanol–water partition coefficient (Wildman–Crippen LogP) is 1.81. The summed E-state index contributed by atoms with van der Waals surface area (Å²) < 4.78 is 14.1. The Labute approximate surface area is 90.1 Å². The van der Waals surface area contributed by atoms with Gasteiger partial charge in [-0.1, -0.05) is 0 Å². The van der Waals surface area contributed by atoms with Crippen LogP contribution in [0.5, 0.6) is 0 Å². The molecule has 4 heteroatoms. The normalized spacial score (nSPS) is 12.9. The van der Waals surface area contributed by atoms with Gasteiger partial charge in [-0.05, 0) is 47.2 Å². The molecule has 72 valence electrons. The van der Waals surface area contributed by atoms with E-state index in [4.69, 9.17) is 10.8 Å². The van der Waals surface area contributed by atoms with Gasteiger partial charge in [0.2, 0.25) is 0 Å². The van der Waals surface area contributed by atoms with E-state index < -0.39 is 6.04 Å². The van der Waals surface area contributed by atoms with Crippen molar-refractivity contribution in [2.24, 2.45) is 5.73 Å². The van der Waals surface area contributed by atoms with Gasteiger partial charge in [-0.25, -0.2) is 4.39 Å². The molecule has 0 heterocycles. The van der Waals surface area contributed by atoms with E-state index in [9.17, 15) is 4.39 Å². The van der Waals surface area contributed by atoms with Crippen LogP contribution in [0, 0.1) is 9.39 Å². The van der Waals surface area contributed by atoms with Crippen molar-refractivity contribution >= 4 is 22.6 Å². The van der Waals surface area contributed by atoms with Gasteiger partial charge in [-0.15, -0.1) is 0 Å². The molecule has 1 aromatic carbocycles. The van der Waals surface area contributed by atoms with E-state index in [1.807, 2.05) is 0 Å². The molecule has 0 fully saturated rings. The van der Waals surface area contributed by atoms with E-state index in [0.717, 1.165) is 3.57 Å². The lowest BCUT2D eigenvalue weighted by molar-refractivity contribution is 0.275. The fourth-order valence-electron chi connectivity index (χ4n) is 1.09. The molecule has 0 aliphatic heterocycles. The van der Waals surface area contributed by atoms with Gasteiger partial charge < -0.3 is 10.8 Å². The van der Waals surface area contributed by atoms with E-state index in [-0.39, 0.29) is 12.4 Å². The van der Waals surface area contributed by atoms with Gasteiger partial charge in [0.25, 0.3) is 0 Å². The van der Waals surface area contributed by atoms with E-state index >= 15 is 0 Å². The van der Waals surface area contributed by atoms with Crippen molar-refractivity contribution in [1.29, 1.82) is 0 Å². The van der Waals surface area contributed by atoms with Crippen molar-refractivity contribution < 1.29 is 9.50 Å². The Kier molecular flexibility index (Phi) is 4.08. The van der Waals surface area contributed by atoms with Gasteiger partial charge in [-0.3, -0.25) is 0 Å². The van der Waals surface area contributed by atoms with Gasteiger partial charge in [0.05, 0.1) is 0 Å². The number of hydrogen-bond acceptors (Lipinski definition) is 2. The summed E-state index contributed by atoms with van der Waals surface area (Å²) in [5, 5.41) is 8.65. The predicted molar refractivity (Wildman–Crippen MR) is 57.7 cm³/mol. The number of halogens is 2. The molecule has 0 unspecified atom stereocenters. The highest BCUT2D eigenvalue weighted by Gasteiger charge is 2.10. The second-order valence-electron chi connectivity index (χ2n) is 2.78. The Hall–Kier alpha value is -0.200. The molecule has 3 N–H and O–H groups in total.